The largest absolute Gasteiger partial charge is 0.497 e. The van der Waals surface area contributed by atoms with E-state index in [1.54, 1.807) is 42.5 Å². The summed E-state index contributed by atoms with van der Waals surface area (Å²) in [7, 11) is 1.50. The Labute approximate surface area is 137 Å². The molecule has 2 nitrogen and oxygen atoms in total. The van der Waals surface area contributed by atoms with E-state index in [1.807, 2.05) is 6.07 Å². The average Bonchev–Trinajstić information content (AvgIpc) is 2.61. The number of alkyl halides is 3. The molecule has 24 heavy (non-hydrogen) atoms. The molecule has 0 amide bonds. The maximum Gasteiger partial charge on any atom is 0.416 e. The Morgan fingerprint density at radius 1 is 0.833 bits per heavy atom. The summed E-state index contributed by atoms with van der Waals surface area (Å²) < 4.78 is 45.0. The number of nitrogens with zero attached hydrogens (tertiary/aromatic N) is 1. The molecular formula is C19H14F3NO. The molecule has 0 N–H and O–H groups in total. The van der Waals surface area contributed by atoms with Crippen LogP contribution in [0, 0.1) is 0 Å². The van der Waals surface area contributed by atoms with Crippen molar-refractivity contribution in [3.05, 3.63) is 72.4 Å². The van der Waals surface area contributed by atoms with Crippen LogP contribution in [0.2, 0.25) is 0 Å². The van der Waals surface area contributed by atoms with Crippen LogP contribution in [0.25, 0.3) is 22.4 Å². The Morgan fingerprint density at radius 3 is 2.21 bits per heavy atom. The summed E-state index contributed by atoms with van der Waals surface area (Å²) in [5.41, 5.74) is 1.32. The summed E-state index contributed by atoms with van der Waals surface area (Å²) >= 11 is 0. The number of benzene rings is 2. The molecule has 0 aliphatic rings. The van der Waals surface area contributed by atoms with Crippen LogP contribution in [0.4, 0.5) is 13.2 Å². The zero-order valence-electron chi connectivity index (χ0n) is 12.8. The van der Waals surface area contributed by atoms with E-state index in [9.17, 15) is 13.2 Å². The molecule has 3 aromatic rings. The quantitative estimate of drug-likeness (QED) is 0.638. The molecule has 0 atom stereocenters. The molecule has 0 aliphatic heterocycles. The van der Waals surface area contributed by atoms with E-state index in [4.69, 9.17) is 4.74 Å². The van der Waals surface area contributed by atoms with Gasteiger partial charge in [0.15, 0.2) is 0 Å². The van der Waals surface area contributed by atoms with Gasteiger partial charge in [-0.15, -0.1) is 0 Å². The Morgan fingerprint density at radius 2 is 1.54 bits per heavy atom. The van der Waals surface area contributed by atoms with Crippen molar-refractivity contribution < 1.29 is 17.9 Å². The normalized spacial score (nSPS) is 11.3. The lowest BCUT2D eigenvalue weighted by Crippen LogP contribution is -2.05. The van der Waals surface area contributed by atoms with Crippen molar-refractivity contribution in [2.45, 2.75) is 6.18 Å². The van der Waals surface area contributed by atoms with Gasteiger partial charge in [0.05, 0.1) is 18.4 Å². The van der Waals surface area contributed by atoms with Gasteiger partial charge in [-0.25, -0.2) is 0 Å². The molecule has 5 heteroatoms. The van der Waals surface area contributed by atoms with Crippen molar-refractivity contribution in [2.24, 2.45) is 0 Å². The minimum atomic E-state index is -4.43. The minimum absolute atomic E-state index is 0.391. The predicted octanol–water partition coefficient (Wildman–Crippen LogP) is 5.44. The van der Waals surface area contributed by atoms with Crippen LogP contribution in [-0.4, -0.2) is 12.1 Å². The maximum absolute atomic E-state index is 13.3. The average molecular weight is 329 g/mol. The first-order chi connectivity index (χ1) is 11.5. The van der Waals surface area contributed by atoms with Crippen molar-refractivity contribution in [3.63, 3.8) is 0 Å². The molecule has 3 rings (SSSR count). The molecule has 2 aromatic carbocycles. The molecule has 1 aromatic heterocycles. The molecule has 0 spiro atoms. The van der Waals surface area contributed by atoms with Crippen LogP contribution < -0.4 is 4.74 Å². The van der Waals surface area contributed by atoms with Crippen molar-refractivity contribution in [3.8, 4) is 28.1 Å². The number of pyridine rings is 1. The fourth-order valence-electron chi connectivity index (χ4n) is 2.43. The maximum atomic E-state index is 13.3. The highest BCUT2D eigenvalue weighted by Gasteiger charge is 2.31. The lowest BCUT2D eigenvalue weighted by atomic mass is 9.98. The highest BCUT2D eigenvalue weighted by atomic mass is 19.4. The molecule has 0 saturated carbocycles. The van der Waals surface area contributed by atoms with Crippen LogP contribution in [-0.2, 0) is 6.18 Å². The van der Waals surface area contributed by atoms with Crippen molar-refractivity contribution in [1.29, 1.82) is 0 Å². The third kappa shape index (κ3) is 3.40. The van der Waals surface area contributed by atoms with Gasteiger partial charge in [-0.1, -0.05) is 30.3 Å². The Bertz CT molecular complexity index is 845. The van der Waals surface area contributed by atoms with Gasteiger partial charge in [0, 0.05) is 17.8 Å². The van der Waals surface area contributed by atoms with Crippen LogP contribution in [0.15, 0.2) is 66.9 Å². The first-order valence-corrected chi connectivity index (χ1v) is 7.25. The number of aromatic nitrogens is 1. The van der Waals surface area contributed by atoms with Crippen LogP contribution in [0.1, 0.15) is 5.56 Å². The number of hydrogen-bond acceptors (Lipinski definition) is 2. The molecule has 0 saturated heterocycles. The van der Waals surface area contributed by atoms with Gasteiger partial charge in [0.1, 0.15) is 5.75 Å². The molecule has 122 valence electrons. The second-order valence-corrected chi connectivity index (χ2v) is 5.24. The zero-order chi connectivity index (χ0) is 17.2. The van der Waals surface area contributed by atoms with Crippen LogP contribution in [0.5, 0.6) is 5.75 Å². The van der Waals surface area contributed by atoms with Crippen molar-refractivity contribution in [2.75, 3.05) is 7.11 Å². The number of halogens is 3. The summed E-state index contributed by atoms with van der Waals surface area (Å²) in [5, 5.41) is 0. The Kier molecular flexibility index (Phi) is 4.25. The first-order valence-electron chi connectivity index (χ1n) is 7.25. The van der Waals surface area contributed by atoms with E-state index >= 15 is 0 Å². The lowest BCUT2D eigenvalue weighted by Gasteiger charge is -2.13. The summed E-state index contributed by atoms with van der Waals surface area (Å²) in [6, 6.07) is 16.2. The van der Waals surface area contributed by atoms with E-state index in [1.165, 1.54) is 13.3 Å². The molecule has 0 unspecified atom stereocenters. The summed E-state index contributed by atoms with van der Waals surface area (Å²) in [4.78, 5) is 4.17. The van der Waals surface area contributed by atoms with E-state index in [2.05, 4.69) is 4.98 Å². The van der Waals surface area contributed by atoms with Gasteiger partial charge in [-0.05, 0) is 35.4 Å². The van der Waals surface area contributed by atoms with Crippen molar-refractivity contribution in [1.82, 2.24) is 4.98 Å². The van der Waals surface area contributed by atoms with E-state index in [0.29, 0.717) is 28.1 Å². The lowest BCUT2D eigenvalue weighted by molar-refractivity contribution is -0.137. The SMILES string of the molecule is COc1ccnc(-c2cc(-c3ccccc3)cc(C(F)(F)F)c2)c1. The smallest absolute Gasteiger partial charge is 0.416 e. The molecule has 0 bridgehead atoms. The minimum Gasteiger partial charge on any atom is -0.497 e. The standard InChI is InChI=1S/C19H14F3NO/c1-24-17-7-8-23-18(12-17)15-9-14(13-5-3-2-4-6-13)10-16(11-15)19(20,21)22/h2-12H,1H3. The fraction of sp³-hybridized carbons (Fsp3) is 0.105. The van der Waals surface area contributed by atoms with Gasteiger partial charge >= 0.3 is 6.18 Å². The number of methoxy groups -OCH3 is 1. The van der Waals surface area contributed by atoms with Crippen LogP contribution in [0.3, 0.4) is 0 Å². The predicted molar refractivity (Wildman–Crippen MR) is 86.7 cm³/mol. The Balaban J connectivity index is 2.18. The van der Waals surface area contributed by atoms with Gasteiger partial charge in [-0.2, -0.15) is 13.2 Å². The van der Waals surface area contributed by atoms with Crippen LogP contribution >= 0.6 is 0 Å². The highest BCUT2D eigenvalue weighted by molar-refractivity contribution is 5.73. The van der Waals surface area contributed by atoms with E-state index in [0.717, 1.165) is 12.1 Å². The van der Waals surface area contributed by atoms with Gasteiger partial charge in [-0.3, -0.25) is 4.98 Å². The Hall–Kier alpha value is -2.82. The van der Waals surface area contributed by atoms with Gasteiger partial charge in [0.2, 0.25) is 0 Å². The third-order valence-corrected chi connectivity index (χ3v) is 3.63. The van der Waals surface area contributed by atoms with E-state index in [-0.39, 0.29) is 0 Å². The summed E-state index contributed by atoms with van der Waals surface area (Å²) in [6.07, 6.45) is -2.92. The number of hydrogen-bond donors (Lipinski definition) is 0. The first kappa shape index (κ1) is 16.1. The fourth-order valence-corrected chi connectivity index (χ4v) is 2.43. The number of rotatable bonds is 3. The zero-order valence-corrected chi connectivity index (χ0v) is 12.8. The molecule has 1 heterocycles. The topological polar surface area (TPSA) is 22.1 Å². The summed E-state index contributed by atoms with van der Waals surface area (Å²) in [6.45, 7) is 0. The molecule has 0 radical (unpaired) electrons. The highest BCUT2D eigenvalue weighted by Crippen LogP contribution is 2.36. The summed E-state index contributed by atoms with van der Waals surface area (Å²) in [5.74, 6) is 0.540. The second kappa shape index (κ2) is 6.35. The molecule has 0 fully saturated rings. The van der Waals surface area contributed by atoms with Gasteiger partial charge in [0.25, 0.3) is 0 Å². The monoisotopic (exact) mass is 329 g/mol. The van der Waals surface area contributed by atoms with Gasteiger partial charge < -0.3 is 4.74 Å². The number of ether oxygens (including phenoxy) is 1. The molecular weight excluding hydrogens is 315 g/mol. The second-order valence-electron chi connectivity index (χ2n) is 5.24. The third-order valence-electron chi connectivity index (χ3n) is 3.63. The van der Waals surface area contributed by atoms with Crippen molar-refractivity contribution >= 4 is 0 Å². The van der Waals surface area contributed by atoms with E-state index < -0.39 is 11.7 Å². The molecule has 0 aliphatic carbocycles.